The second-order valence-corrected chi connectivity index (χ2v) is 5.91. The van der Waals surface area contributed by atoms with Gasteiger partial charge in [0, 0.05) is 17.0 Å². The van der Waals surface area contributed by atoms with Gasteiger partial charge in [0.05, 0.1) is 9.26 Å². The first-order chi connectivity index (χ1) is 9.56. The van der Waals surface area contributed by atoms with Crippen molar-refractivity contribution in [3.63, 3.8) is 0 Å². The fourth-order valence-corrected chi connectivity index (χ4v) is 2.73. The standard InChI is InChI=1S/C14H12F2IN3/c15-12(16)8-2-1-3-9(6-8)14-19-11(7-4-5-7)10(17)13(18)20-14/h1-3,6-7,12H,4-5H2,(H2,18,19,20). The Kier molecular flexibility index (Phi) is 3.57. The number of anilines is 1. The highest BCUT2D eigenvalue weighted by Crippen LogP contribution is 2.42. The predicted molar refractivity (Wildman–Crippen MR) is 81.5 cm³/mol. The van der Waals surface area contributed by atoms with Crippen molar-refractivity contribution in [3.05, 3.63) is 39.1 Å². The highest BCUT2D eigenvalue weighted by Gasteiger charge is 2.29. The van der Waals surface area contributed by atoms with Crippen LogP contribution >= 0.6 is 22.6 Å². The van der Waals surface area contributed by atoms with Gasteiger partial charge in [-0.3, -0.25) is 0 Å². The summed E-state index contributed by atoms with van der Waals surface area (Å²) in [5, 5.41) is 0. The van der Waals surface area contributed by atoms with Crippen LogP contribution in [0.4, 0.5) is 14.6 Å². The number of hydrogen-bond donors (Lipinski definition) is 1. The Morgan fingerprint density at radius 2 is 2.00 bits per heavy atom. The Morgan fingerprint density at radius 1 is 1.25 bits per heavy atom. The van der Waals surface area contributed by atoms with Crippen LogP contribution in [0, 0.1) is 3.57 Å². The molecule has 0 atom stereocenters. The van der Waals surface area contributed by atoms with Gasteiger partial charge in [0.1, 0.15) is 5.82 Å². The number of aromatic nitrogens is 2. The van der Waals surface area contributed by atoms with Crippen molar-refractivity contribution in [2.75, 3.05) is 5.73 Å². The summed E-state index contributed by atoms with van der Waals surface area (Å²) in [4.78, 5) is 8.75. The summed E-state index contributed by atoms with van der Waals surface area (Å²) in [5.41, 5.74) is 7.40. The van der Waals surface area contributed by atoms with Crippen LogP contribution in [0.5, 0.6) is 0 Å². The number of alkyl halides is 2. The van der Waals surface area contributed by atoms with E-state index in [9.17, 15) is 8.78 Å². The van der Waals surface area contributed by atoms with Gasteiger partial charge in [0.25, 0.3) is 6.43 Å². The SMILES string of the molecule is Nc1nc(-c2cccc(C(F)F)c2)nc(C2CC2)c1I. The summed E-state index contributed by atoms with van der Waals surface area (Å²) in [7, 11) is 0. The first kappa shape index (κ1) is 13.7. The maximum atomic E-state index is 12.8. The largest absolute Gasteiger partial charge is 0.383 e. The molecule has 0 aliphatic heterocycles. The minimum absolute atomic E-state index is 0.0313. The smallest absolute Gasteiger partial charge is 0.263 e. The van der Waals surface area contributed by atoms with Crippen LogP contribution in [0.2, 0.25) is 0 Å². The highest BCUT2D eigenvalue weighted by atomic mass is 127. The summed E-state index contributed by atoms with van der Waals surface area (Å²) in [6.45, 7) is 0. The quantitative estimate of drug-likeness (QED) is 0.806. The average Bonchev–Trinajstić information content (AvgIpc) is 3.26. The van der Waals surface area contributed by atoms with E-state index in [1.165, 1.54) is 12.1 Å². The van der Waals surface area contributed by atoms with Gasteiger partial charge in [-0.15, -0.1) is 0 Å². The fourth-order valence-electron chi connectivity index (χ4n) is 2.05. The predicted octanol–water partition coefficient (Wildman–Crippen LogP) is 4.15. The molecule has 104 valence electrons. The normalized spacial score (nSPS) is 14.8. The third-order valence-electron chi connectivity index (χ3n) is 3.26. The summed E-state index contributed by atoms with van der Waals surface area (Å²) in [6, 6.07) is 6.13. The molecule has 20 heavy (non-hydrogen) atoms. The molecule has 1 aromatic carbocycles. The van der Waals surface area contributed by atoms with Crippen LogP contribution in [-0.4, -0.2) is 9.97 Å². The Hall–Kier alpha value is -1.31. The zero-order valence-electron chi connectivity index (χ0n) is 10.5. The van der Waals surface area contributed by atoms with Crippen molar-refractivity contribution >= 4 is 28.4 Å². The van der Waals surface area contributed by atoms with E-state index in [1.807, 2.05) is 0 Å². The Labute approximate surface area is 128 Å². The van der Waals surface area contributed by atoms with E-state index in [2.05, 4.69) is 32.6 Å². The van der Waals surface area contributed by atoms with E-state index in [0.29, 0.717) is 23.1 Å². The van der Waals surface area contributed by atoms with Crippen LogP contribution in [-0.2, 0) is 0 Å². The third-order valence-corrected chi connectivity index (χ3v) is 4.37. The number of halogens is 3. The maximum absolute atomic E-state index is 12.8. The van der Waals surface area contributed by atoms with Gasteiger partial charge in [0.2, 0.25) is 0 Å². The number of nitrogens with two attached hydrogens (primary N) is 1. The van der Waals surface area contributed by atoms with Crippen molar-refractivity contribution in [1.82, 2.24) is 9.97 Å². The van der Waals surface area contributed by atoms with Gasteiger partial charge < -0.3 is 5.73 Å². The molecule has 1 aliphatic carbocycles. The number of benzene rings is 1. The summed E-state index contributed by atoms with van der Waals surface area (Å²) in [5.74, 6) is 1.27. The van der Waals surface area contributed by atoms with Gasteiger partial charge in [-0.2, -0.15) is 0 Å². The van der Waals surface area contributed by atoms with Crippen LogP contribution in [0.15, 0.2) is 24.3 Å². The molecule has 3 nitrogen and oxygen atoms in total. The van der Waals surface area contributed by atoms with E-state index < -0.39 is 6.43 Å². The van der Waals surface area contributed by atoms with E-state index in [0.717, 1.165) is 22.1 Å². The van der Waals surface area contributed by atoms with E-state index in [-0.39, 0.29) is 5.56 Å². The van der Waals surface area contributed by atoms with Crippen LogP contribution in [0.3, 0.4) is 0 Å². The second kappa shape index (κ2) is 5.23. The zero-order valence-corrected chi connectivity index (χ0v) is 12.6. The third kappa shape index (κ3) is 2.61. The lowest BCUT2D eigenvalue weighted by Crippen LogP contribution is -2.04. The van der Waals surface area contributed by atoms with Crippen LogP contribution < -0.4 is 5.73 Å². The molecule has 1 aliphatic rings. The molecular weight excluding hydrogens is 375 g/mol. The molecule has 3 rings (SSSR count). The minimum Gasteiger partial charge on any atom is -0.383 e. The molecule has 1 aromatic heterocycles. The van der Waals surface area contributed by atoms with Crippen molar-refractivity contribution in [2.24, 2.45) is 0 Å². The maximum Gasteiger partial charge on any atom is 0.263 e. The van der Waals surface area contributed by atoms with E-state index in [4.69, 9.17) is 5.73 Å². The number of rotatable bonds is 3. The molecule has 2 aromatic rings. The molecule has 0 spiro atoms. The molecule has 0 unspecified atom stereocenters. The highest BCUT2D eigenvalue weighted by molar-refractivity contribution is 14.1. The van der Waals surface area contributed by atoms with E-state index in [1.54, 1.807) is 12.1 Å². The van der Waals surface area contributed by atoms with Gasteiger partial charge in [0.15, 0.2) is 5.82 Å². The molecule has 0 amide bonds. The van der Waals surface area contributed by atoms with Crippen molar-refractivity contribution in [1.29, 1.82) is 0 Å². The van der Waals surface area contributed by atoms with Gasteiger partial charge in [-0.1, -0.05) is 18.2 Å². The Bertz CT molecular complexity index is 657. The van der Waals surface area contributed by atoms with Crippen molar-refractivity contribution in [3.8, 4) is 11.4 Å². The summed E-state index contributed by atoms with van der Waals surface area (Å²) < 4.78 is 26.4. The van der Waals surface area contributed by atoms with E-state index >= 15 is 0 Å². The molecular formula is C14H12F2IN3. The molecule has 2 N–H and O–H groups in total. The molecule has 0 bridgehead atoms. The van der Waals surface area contributed by atoms with Gasteiger partial charge >= 0.3 is 0 Å². The minimum atomic E-state index is -2.50. The second-order valence-electron chi connectivity index (χ2n) is 4.83. The topological polar surface area (TPSA) is 51.8 Å². The zero-order chi connectivity index (χ0) is 14.3. The Morgan fingerprint density at radius 3 is 2.65 bits per heavy atom. The molecule has 1 heterocycles. The van der Waals surface area contributed by atoms with Crippen molar-refractivity contribution in [2.45, 2.75) is 25.2 Å². The summed E-state index contributed by atoms with van der Waals surface area (Å²) >= 11 is 2.14. The first-order valence-corrected chi connectivity index (χ1v) is 7.35. The fraction of sp³-hybridized carbons (Fsp3) is 0.286. The molecule has 1 fully saturated rings. The summed E-state index contributed by atoms with van der Waals surface area (Å²) in [6.07, 6.45) is -0.301. The molecule has 1 saturated carbocycles. The molecule has 0 radical (unpaired) electrons. The van der Waals surface area contributed by atoms with Crippen LogP contribution in [0.1, 0.15) is 36.4 Å². The lowest BCUT2D eigenvalue weighted by atomic mass is 10.1. The Balaban J connectivity index is 2.07. The monoisotopic (exact) mass is 387 g/mol. The number of nitrogen functional groups attached to an aromatic ring is 1. The molecule has 0 saturated heterocycles. The van der Waals surface area contributed by atoms with Gasteiger partial charge in [-0.05, 0) is 41.5 Å². The number of hydrogen-bond acceptors (Lipinski definition) is 3. The number of nitrogens with zero attached hydrogens (tertiary/aromatic N) is 2. The van der Waals surface area contributed by atoms with Crippen LogP contribution in [0.25, 0.3) is 11.4 Å². The lowest BCUT2D eigenvalue weighted by Gasteiger charge is -2.09. The van der Waals surface area contributed by atoms with Crippen molar-refractivity contribution < 1.29 is 8.78 Å². The first-order valence-electron chi connectivity index (χ1n) is 6.27. The average molecular weight is 387 g/mol. The lowest BCUT2D eigenvalue weighted by molar-refractivity contribution is 0.151. The van der Waals surface area contributed by atoms with Gasteiger partial charge in [-0.25, -0.2) is 18.7 Å². The molecule has 6 heteroatoms.